The van der Waals surface area contributed by atoms with Crippen LogP contribution in [0.3, 0.4) is 0 Å². The fourth-order valence-corrected chi connectivity index (χ4v) is 2.95. The standard InChI is InChI=1S/C22H16F3N5O3/c1-30-12-27-18-7-6-16(11-17(18)20(30)31)33-15-4-2-13(3-5-15)28-21(32)29-14-8-9-26-19(10-14)22(23,24)25/h2-12H,1H3,(H2,26,28,29,32). The molecule has 11 heteroatoms. The van der Waals surface area contributed by atoms with Crippen LogP contribution in [0.4, 0.5) is 29.3 Å². The third-order valence-electron chi connectivity index (χ3n) is 4.54. The highest BCUT2D eigenvalue weighted by Crippen LogP contribution is 2.29. The Balaban J connectivity index is 1.41. The number of aromatic nitrogens is 3. The summed E-state index contributed by atoms with van der Waals surface area (Å²) in [6.07, 6.45) is -2.21. The second-order valence-corrected chi connectivity index (χ2v) is 6.97. The topological polar surface area (TPSA) is 98.1 Å². The van der Waals surface area contributed by atoms with Crippen LogP contribution in [0.5, 0.6) is 11.5 Å². The van der Waals surface area contributed by atoms with Crippen molar-refractivity contribution in [3.63, 3.8) is 0 Å². The van der Waals surface area contributed by atoms with Gasteiger partial charge in [0.15, 0.2) is 0 Å². The number of carbonyl (C=O) groups excluding carboxylic acids is 1. The van der Waals surface area contributed by atoms with E-state index in [-0.39, 0.29) is 11.2 Å². The largest absolute Gasteiger partial charge is 0.457 e. The van der Waals surface area contributed by atoms with Crippen LogP contribution >= 0.6 is 0 Å². The number of ether oxygens (including phenoxy) is 1. The van der Waals surface area contributed by atoms with E-state index < -0.39 is 17.9 Å². The number of amides is 2. The Morgan fingerprint density at radius 3 is 2.36 bits per heavy atom. The molecule has 8 nitrogen and oxygen atoms in total. The zero-order chi connectivity index (χ0) is 23.6. The first-order valence-corrected chi connectivity index (χ1v) is 9.53. The van der Waals surface area contributed by atoms with E-state index in [1.807, 2.05) is 0 Å². The highest BCUT2D eigenvalue weighted by molar-refractivity contribution is 5.99. The Morgan fingerprint density at radius 2 is 1.64 bits per heavy atom. The first-order valence-electron chi connectivity index (χ1n) is 9.53. The molecule has 2 N–H and O–H groups in total. The second-order valence-electron chi connectivity index (χ2n) is 6.97. The minimum atomic E-state index is -4.61. The Morgan fingerprint density at radius 1 is 0.939 bits per heavy atom. The molecule has 0 fully saturated rings. The van der Waals surface area contributed by atoms with Crippen molar-refractivity contribution in [3.05, 3.63) is 83.2 Å². The van der Waals surface area contributed by atoms with Crippen molar-refractivity contribution in [1.82, 2.24) is 14.5 Å². The quantitative estimate of drug-likeness (QED) is 0.461. The lowest BCUT2D eigenvalue weighted by molar-refractivity contribution is -0.141. The minimum absolute atomic E-state index is 0.0493. The SMILES string of the molecule is Cn1cnc2ccc(Oc3ccc(NC(=O)Nc4ccnc(C(F)(F)F)c4)cc3)cc2c1=O. The van der Waals surface area contributed by atoms with Crippen LogP contribution in [0.25, 0.3) is 10.9 Å². The van der Waals surface area contributed by atoms with E-state index in [0.717, 1.165) is 12.3 Å². The summed E-state index contributed by atoms with van der Waals surface area (Å²) in [4.78, 5) is 31.8. The number of pyridine rings is 1. The number of halogens is 3. The number of urea groups is 1. The summed E-state index contributed by atoms with van der Waals surface area (Å²) in [5.74, 6) is 0.884. The zero-order valence-corrected chi connectivity index (χ0v) is 17.1. The first-order chi connectivity index (χ1) is 15.7. The van der Waals surface area contributed by atoms with E-state index in [1.54, 1.807) is 49.5 Å². The molecule has 0 atom stereocenters. The Kier molecular flexibility index (Phi) is 5.69. The lowest BCUT2D eigenvalue weighted by Crippen LogP contribution is -2.20. The van der Waals surface area contributed by atoms with Crippen molar-refractivity contribution in [2.45, 2.75) is 6.18 Å². The van der Waals surface area contributed by atoms with Gasteiger partial charge in [-0.05, 0) is 54.6 Å². The molecule has 2 heterocycles. The van der Waals surface area contributed by atoms with Gasteiger partial charge in [-0.2, -0.15) is 13.2 Å². The van der Waals surface area contributed by atoms with E-state index in [9.17, 15) is 22.8 Å². The van der Waals surface area contributed by atoms with E-state index in [4.69, 9.17) is 4.74 Å². The van der Waals surface area contributed by atoms with Crippen molar-refractivity contribution in [2.24, 2.45) is 7.05 Å². The Bertz CT molecular complexity index is 1380. The Hall–Kier alpha value is -4.41. The van der Waals surface area contributed by atoms with Crippen LogP contribution in [0.1, 0.15) is 5.69 Å². The predicted octanol–water partition coefficient (Wildman–Crippen LogP) is 4.78. The predicted molar refractivity (Wildman–Crippen MR) is 115 cm³/mol. The number of carbonyl (C=O) groups is 1. The fraction of sp³-hybridized carbons (Fsp3) is 0.0909. The molecule has 2 aromatic heterocycles. The van der Waals surface area contributed by atoms with Crippen LogP contribution in [0.15, 0.2) is 71.9 Å². The average molecular weight is 455 g/mol. The molecule has 4 aromatic rings. The molecular weight excluding hydrogens is 439 g/mol. The summed E-state index contributed by atoms with van der Waals surface area (Å²) >= 11 is 0. The first kappa shape index (κ1) is 21.8. The van der Waals surface area contributed by atoms with Crippen LogP contribution in [-0.2, 0) is 13.2 Å². The van der Waals surface area contributed by atoms with Gasteiger partial charge >= 0.3 is 12.2 Å². The van der Waals surface area contributed by atoms with Crippen molar-refractivity contribution < 1.29 is 22.7 Å². The summed E-state index contributed by atoms with van der Waals surface area (Å²) in [7, 11) is 1.61. The maximum absolute atomic E-state index is 12.7. The fourth-order valence-electron chi connectivity index (χ4n) is 2.95. The highest BCUT2D eigenvalue weighted by atomic mass is 19.4. The molecule has 168 valence electrons. The molecule has 2 amide bonds. The van der Waals surface area contributed by atoms with Gasteiger partial charge in [0.05, 0.1) is 17.2 Å². The maximum Gasteiger partial charge on any atom is 0.433 e. The third-order valence-corrected chi connectivity index (χ3v) is 4.54. The number of alkyl halides is 3. The molecule has 33 heavy (non-hydrogen) atoms. The van der Waals surface area contributed by atoms with Gasteiger partial charge in [0.1, 0.15) is 17.2 Å². The summed E-state index contributed by atoms with van der Waals surface area (Å²) in [5, 5.41) is 5.26. The number of rotatable bonds is 4. The molecule has 0 aliphatic heterocycles. The van der Waals surface area contributed by atoms with Gasteiger partial charge in [0.2, 0.25) is 0 Å². The average Bonchev–Trinajstić information content (AvgIpc) is 2.77. The molecule has 2 aromatic carbocycles. The molecule has 0 aliphatic rings. The zero-order valence-electron chi connectivity index (χ0n) is 17.1. The van der Waals surface area contributed by atoms with Crippen molar-refractivity contribution in [2.75, 3.05) is 10.6 Å². The molecular formula is C22H16F3N5O3. The number of benzene rings is 2. The summed E-state index contributed by atoms with van der Waals surface area (Å²) < 4.78 is 45.3. The lowest BCUT2D eigenvalue weighted by Gasteiger charge is -2.11. The maximum atomic E-state index is 12.7. The van der Waals surface area contributed by atoms with E-state index in [1.165, 1.54) is 17.0 Å². The van der Waals surface area contributed by atoms with Gasteiger partial charge in [-0.1, -0.05) is 0 Å². The number of hydrogen-bond acceptors (Lipinski definition) is 5. The van der Waals surface area contributed by atoms with Gasteiger partial charge in [-0.3, -0.25) is 9.78 Å². The second kappa shape index (κ2) is 8.61. The summed E-state index contributed by atoms with van der Waals surface area (Å²) in [5.41, 5.74) is -0.419. The van der Waals surface area contributed by atoms with Gasteiger partial charge < -0.3 is 19.9 Å². The minimum Gasteiger partial charge on any atom is -0.457 e. The van der Waals surface area contributed by atoms with Crippen LogP contribution < -0.4 is 20.9 Å². The van der Waals surface area contributed by atoms with E-state index in [2.05, 4.69) is 20.6 Å². The van der Waals surface area contributed by atoms with E-state index in [0.29, 0.717) is 28.1 Å². The number of fused-ring (bicyclic) bond motifs is 1. The number of anilines is 2. The molecule has 0 spiro atoms. The molecule has 0 saturated heterocycles. The molecule has 0 unspecified atom stereocenters. The highest BCUT2D eigenvalue weighted by Gasteiger charge is 2.32. The van der Waals surface area contributed by atoms with Gasteiger partial charge in [-0.15, -0.1) is 0 Å². The summed E-state index contributed by atoms with van der Waals surface area (Å²) in [6.45, 7) is 0. The number of nitrogens with one attached hydrogen (secondary N) is 2. The van der Waals surface area contributed by atoms with Crippen LogP contribution in [-0.4, -0.2) is 20.6 Å². The third kappa shape index (κ3) is 5.09. The Labute approximate surface area is 184 Å². The summed E-state index contributed by atoms with van der Waals surface area (Å²) in [6, 6.07) is 12.5. The van der Waals surface area contributed by atoms with Crippen molar-refractivity contribution in [1.29, 1.82) is 0 Å². The molecule has 0 radical (unpaired) electrons. The normalized spacial score (nSPS) is 11.3. The number of hydrogen-bond donors (Lipinski definition) is 2. The monoisotopic (exact) mass is 455 g/mol. The lowest BCUT2D eigenvalue weighted by atomic mass is 10.2. The van der Waals surface area contributed by atoms with Crippen molar-refractivity contribution >= 4 is 28.3 Å². The molecule has 0 saturated carbocycles. The molecule has 0 bridgehead atoms. The smallest absolute Gasteiger partial charge is 0.433 e. The van der Waals surface area contributed by atoms with Gasteiger partial charge in [0.25, 0.3) is 5.56 Å². The number of aryl methyl sites for hydroxylation is 1. The van der Waals surface area contributed by atoms with Gasteiger partial charge in [-0.25, -0.2) is 9.78 Å². The van der Waals surface area contributed by atoms with Crippen LogP contribution in [0, 0.1) is 0 Å². The van der Waals surface area contributed by atoms with Crippen LogP contribution in [0.2, 0.25) is 0 Å². The number of nitrogens with zero attached hydrogens (tertiary/aromatic N) is 3. The molecule has 4 rings (SSSR count). The van der Waals surface area contributed by atoms with Crippen molar-refractivity contribution in [3.8, 4) is 11.5 Å². The van der Waals surface area contributed by atoms with E-state index >= 15 is 0 Å². The molecule has 0 aliphatic carbocycles. The van der Waals surface area contributed by atoms with Gasteiger partial charge in [0, 0.05) is 24.6 Å².